The average Bonchev–Trinajstić information content (AvgIpc) is 3.43. The summed E-state index contributed by atoms with van der Waals surface area (Å²) in [6, 6.07) is 7.77. The number of aromatic amines is 1. The summed E-state index contributed by atoms with van der Waals surface area (Å²) >= 11 is 1.27. The van der Waals surface area contributed by atoms with Crippen molar-refractivity contribution in [2.75, 3.05) is 7.11 Å². The maximum absolute atomic E-state index is 13.0. The molecular formula is C20H21N3O3S. The van der Waals surface area contributed by atoms with Crippen LogP contribution in [-0.2, 0) is 0 Å². The summed E-state index contributed by atoms with van der Waals surface area (Å²) in [6.45, 7) is 3.54. The molecule has 2 aromatic heterocycles. The number of ether oxygens (including phenoxy) is 1. The average molecular weight is 383 g/mol. The molecule has 1 unspecified atom stereocenters. The maximum atomic E-state index is 13.0. The molecule has 27 heavy (non-hydrogen) atoms. The van der Waals surface area contributed by atoms with E-state index < -0.39 is 0 Å². The van der Waals surface area contributed by atoms with Crippen molar-refractivity contribution >= 4 is 27.5 Å². The molecule has 1 aromatic carbocycles. The summed E-state index contributed by atoms with van der Waals surface area (Å²) in [7, 11) is 1.64. The molecule has 2 N–H and O–H groups in total. The molecule has 1 fully saturated rings. The van der Waals surface area contributed by atoms with Crippen LogP contribution >= 0.6 is 11.3 Å². The second-order valence-corrected chi connectivity index (χ2v) is 7.95. The number of amides is 1. The zero-order valence-corrected chi connectivity index (χ0v) is 16.3. The van der Waals surface area contributed by atoms with Crippen LogP contribution in [0.25, 0.3) is 10.2 Å². The van der Waals surface area contributed by atoms with Gasteiger partial charge in [0.1, 0.15) is 16.4 Å². The summed E-state index contributed by atoms with van der Waals surface area (Å²) in [6.07, 6.45) is 2.20. The lowest BCUT2D eigenvalue weighted by atomic mass is 10.0. The summed E-state index contributed by atoms with van der Waals surface area (Å²) < 4.78 is 5.22. The van der Waals surface area contributed by atoms with Crippen LogP contribution in [0.15, 0.2) is 29.1 Å². The number of nitrogens with one attached hydrogen (secondary N) is 2. The highest BCUT2D eigenvalue weighted by molar-refractivity contribution is 7.20. The Morgan fingerprint density at radius 2 is 2.00 bits per heavy atom. The van der Waals surface area contributed by atoms with Crippen molar-refractivity contribution < 1.29 is 9.53 Å². The first-order valence-corrected chi connectivity index (χ1v) is 9.74. The van der Waals surface area contributed by atoms with E-state index in [4.69, 9.17) is 4.74 Å². The van der Waals surface area contributed by atoms with E-state index >= 15 is 0 Å². The van der Waals surface area contributed by atoms with E-state index in [9.17, 15) is 9.59 Å². The van der Waals surface area contributed by atoms with Gasteiger partial charge in [-0.15, -0.1) is 11.3 Å². The van der Waals surface area contributed by atoms with Gasteiger partial charge in [-0.3, -0.25) is 9.59 Å². The van der Waals surface area contributed by atoms with Gasteiger partial charge in [-0.05, 0) is 55.9 Å². The topological polar surface area (TPSA) is 84.1 Å². The quantitative estimate of drug-likeness (QED) is 0.706. The number of rotatable bonds is 5. The van der Waals surface area contributed by atoms with Crippen LogP contribution in [0.5, 0.6) is 5.75 Å². The minimum atomic E-state index is -0.195. The molecule has 1 aliphatic carbocycles. The Morgan fingerprint density at radius 3 is 2.63 bits per heavy atom. The highest BCUT2D eigenvalue weighted by Crippen LogP contribution is 2.41. The van der Waals surface area contributed by atoms with Crippen LogP contribution in [0.1, 0.15) is 45.5 Å². The van der Waals surface area contributed by atoms with Crippen molar-refractivity contribution in [3.8, 4) is 5.75 Å². The fourth-order valence-corrected chi connectivity index (χ4v) is 4.52. The fourth-order valence-electron chi connectivity index (χ4n) is 3.39. The molecule has 0 bridgehead atoms. The van der Waals surface area contributed by atoms with Crippen molar-refractivity contribution in [1.82, 2.24) is 15.3 Å². The first-order chi connectivity index (χ1) is 13.0. The summed E-state index contributed by atoms with van der Waals surface area (Å²) in [4.78, 5) is 33.5. The number of carbonyl (C=O) groups excluding carboxylic acids is 1. The monoisotopic (exact) mass is 383 g/mol. The number of methoxy groups -OCH3 is 1. The van der Waals surface area contributed by atoms with E-state index in [0.717, 1.165) is 24.2 Å². The number of fused-ring (bicyclic) bond motifs is 1. The standard InChI is InChI=1S/C20H21N3O3S/c1-10-15-18(24)21-11(2)22-20(15)27-17(10)19(25)23-16(12-4-5-12)13-6-8-14(26-3)9-7-13/h6-9,12,16H,4-5H2,1-3H3,(H,23,25)(H,21,22,24). The van der Waals surface area contributed by atoms with E-state index in [0.29, 0.717) is 32.4 Å². The van der Waals surface area contributed by atoms with Crippen molar-refractivity contribution in [2.45, 2.75) is 32.7 Å². The SMILES string of the molecule is COc1ccc(C(NC(=O)c2sc3nc(C)[nH]c(=O)c3c2C)C2CC2)cc1. The molecule has 140 valence electrons. The zero-order valence-electron chi connectivity index (χ0n) is 15.5. The molecule has 7 heteroatoms. The van der Waals surface area contributed by atoms with Gasteiger partial charge in [0.2, 0.25) is 0 Å². The number of hydrogen-bond acceptors (Lipinski definition) is 5. The molecule has 1 aliphatic rings. The van der Waals surface area contributed by atoms with Gasteiger partial charge in [0, 0.05) is 0 Å². The Labute approximate surface area is 160 Å². The summed E-state index contributed by atoms with van der Waals surface area (Å²) in [5, 5.41) is 3.68. The van der Waals surface area contributed by atoms with Gasteiger partial charge in [0.05, 0.1) is 23.4 Å². The lowest BCUT2D eigenvalue weighted by Crippen LogP contribution is -2.29. The predicted molar refractivity (Wildman–Crippen MR) is 106 cm³/mol. The maximum Gasteiger partial charge on any atom is 0.262 e. The molecule has 1 amide bonds. The van der Waals surface area contributed by atoms with Crippen LogP contribution < -0.4 is 15.6 Å². The molecular weight excluding hydrogens is 362 g/mol. The number of aryl methyl sites for hydroxylation is 2. The molecule has 4 rings (SSSR count). The van der Waals surface area contributed by atoms with Gasteiger partial charge in [0.25, 0.3) is 11.5 Å². The third-order valence-electron chi connectivity index (χ3n) is 4.98. The van der Waals surface area contributed by atoms with Gasteiger partial charge < -0.3 is 15.0 Å². The number of aromatic nitrogens is 2. The Morgan fingerprint density at radius 1 is 1.30 bits per heavy atom. The molecule has 6 nitrogen and oxygen atoms in total. The highest BCUT2D eigenvalue weighted by atomic mass is 32.1. The van der Waals surface area contributed by atoms with Gasteiger partial charge in [-0.2, -0.15) is 0 Å². The van der Waals surface area contributed by atoms with Crippen LogP contribution in [-0.4, -0.2) is 23.0 Å². The van der Waals surface area contributed by atoms with E-state index in [1.807, 2.05) is 24.3 Å². The third-order valence-corrected chi connectivity index (χ3v) is 6.16. The van der Waals surface area contributed by atoms with Crippen LogP contribution in [0.3, 0.4) is 0 Å². The van der Waals surface area contributed by atoms with Crippen molar-refractivity contribution in [2.24, 2.45) is 5.92 Å². The lowest BCUT2D eigenvalue weighted by molar-refractivity contribution is 0.0935. The summed E-state index contributed by atoms with van der Waals surface area (Å²) in [5.74, 6) is 1.64. The molecule has 0 radical (unpaired) electrons. The first-order valence-electron chi connectivity index (χ1n) is 8.92. The third kappa shape index (κ3) is 3.35. The smallest absolute Gasteiger partial charge is 0.262 e. The van der Waals surface area contributed by atoms with Crippen LogP contribution in [0.2, 0.25) is 0 Å². The van der Waals surface area contributed by atoms with Crippen molar-refractivity contribution in [3.63, 3.8) is 0 Å². The first kappa shape index (κ1) is 17.7. The molecule has 2 heterocycles. The van der Waals surface area contributed by atoms with Gasteiger partial charge in [0.15, 0.2) is 0 Å². The number of thiophene rings is 1. The van der Waals surface area contributed by atoms with Gasteiger partial charge in [-0.25, -0.2) is 4.98 Å². The molecule has 0 saturated heterocycles. The Kier molecular flexibility index (Phi) is 4.47. The molecule has 3 aromatic rings. The zero-order chi connectivity index (χ0) is 19.1. The van der Waals surface area contributed by atoms with E-state index in [-0.39, 0.29) is 17.5 Å². The van der Waals surface area contributed by atoms with Crippen molar-refractivity contribution in [1.29, 1.82) is 0 Å². The highest BCUT2D eigenvalue weighted by Gasteiger charge is 2.34. The van der Waals surface area contributed by atoms with E-state index in [1.165, 1.54) is 11.3 Å². The Bertz CT molecular complexity index is 1060. The Hall–Kier alpha value is -2.67. The fraction of sp³-hybridized carbons (Fsp3) is 0.350. The normalized spacial score (nSPS) is 14.9. The minimum Gasteiger partial charge on any atom is -0.497 e. The van der Waals surface area contributed by atoms with Crippen molar-refractivity contribution in [3.05, 3.63) is 56.4 Å². The number of hydrogen-bond donors (Lipinski definition) is 2. The number of H-pyrrole nitrogens is 1. The van der Waals surface area contributed by atoms with Gasteiger partial charge >= 0.3 is 0 Å². The van der Waals surface area contributed by atoms with E-state index in [1.54, 1.807) is 21.0 Å². The van der Waals surface area contributed by atoms with E-state index in [2.05, 4.69) is 15.3 Å². The molecule has 0 aliphatic heterocycles. The van der Waals surface area contributed by atoms with Crippen LogP contribution in [0, 0.1) is 19.8 Å². The van der Waals surface area contributed by atoms with Crippen LogP contribution in [0.4, 0.5) is 0 Å². The largest absolute Gasteiger partial charge is 0.497 e. The number of nitrogens with zero attached hydrogens (tertiary/aromatic N) is 1. The minimum absolute atomic E-state index is 0.0407. The number of carbonyl (C=O) groups is 1. The Balaban J connectivity index is 1.65. The second kappa shape index (κ2) is 6.81. The number of benzene rings is 1. The summed E-state index contributed by atoms with van der Waals surface area (Å²) in [5.41, 5.74) is 1.56. The molecule has 0 spiro atoms. The second-order valence-electron chi connectivity index (χ2n) is 6.95. The predicted octanol–water partition coefficient (Wildman–Crippen LogP) is 3.49. The molecule has 1 atom stereocenters. The lowest BCUT2D eigenvalue weighted by Gasteiger charge is -2.19. The molecule has 1 saturated carbocycles. The van der Waals surface area contributed by atoms with Gasteiger partial charge in [-0.1, -0.05) is 12.1 Å².